The molecule has 2 aromatic carbocycles. The molecule has 2 saturated heterocycles. The number of nitrogens with one attached hydrogen (secondary N) is 3. The monoisotopic (exact) mass is 621 g/mol. The van der Waals surface area contributed by atoms with E-state index in [0.29, 0.717) is 29.2 Å². The van der Waals surface area contributed by atoms with Crippen LogP contribution in [-0.4, -0.2) is 60.7 Å². The molecule has 0 radical (unpaired) electrons. The summed E-state index contributed by atoms with van der Waals surface area (Å²) in [6, 6.07) is 5.78. The topological polar surface area (TPSA) is 192 Å². The minimum atomic E-state index is -1.08. The molecule has 0 aromatic heterocycles. The van der Waals surface area contributed by atoms with Crippen LogP contribution in [-0.2, 0) is 19.2 Å². The Bertz CT molecular complexity index is 1630. The molecule has 45 heavy (non-hydrogen) atoms. The second-order valence-electron chi connectivity index (χ2n) is 10.5. The molecule has 14 heteroatoms. The van der Waals surface area contributed by atoms with E-state index in [9.17, 15) is 33.6 Å². The van der Waals surface area contributed by atoms with Crippen molar-refractivity contribution in [2.24, 2.45) is 11.8 Å². The number of carbonyl (C=O) groups is 7. The van der Waals surface area contributed by atoms with E-state index >= 15 is 0 Å². The number of amides is 5. The summed E-state index contributed by atoms with van der Waals surface area (Å²) < 4.78 is 21.1. The Kier molecular flexibility index (Phi) is 8.84. The van der Waals surface area contributed by atoms with Crippen molar-refractivity contribution >= 4 is 41.1 Å². The number of rotatable bonds is 3. The van der Waals surface area contributed by atoms with Crippen LogP contribution < -0.4 is 34.9 Å². The average Bonchev–Trinajstić information content (AvgIpc) is 3.76. The smallest absolute Gasteiger partial charge is 0.255 e. The summed E-state index contributed by atoms with van der Waals surface area (Å²) in [5.41, 5.74) is 1.64. The van der Waals surface area contributed by atoms with Crippen LogP contribution in [0.15, 0.2) is 24.3 Å². The SMILES string of the molecule is CC.Cc1ccc(C(=O)NC2CCC(=O)NC2=O)c2c1OCO2.O=C1CCC(C2C(=O)c3ccc4c(c3C2=O)OCO4)C(=O)N1. The Morgan fingerprint density at radius 1 is 0.756 bits per heavy atom. The molecule has 7 rings (SSSR count). The van der Waals surface area contributed by atoms with Gasteiger partial charge in [0, 0.05) is 18.4 Å². The van der Waals surface area contributed by atoms with Gasteiger partial charge in [-0.25, -0.2) is 0 Å². The third-order valence-electron chi connectivity index (χ3n) is 7.80. The first-order valence-corrected chi connectivity index (χ1v) is 14.5. The second kappa shape index (κ2) is 12.8. The number of ether oxygens (including phenoxy) is 4. The number of carbonyl (C=O) groups excluding carboxylic acids is 7. The van der Waals surface area contributed by atoms with E-state index in [0.717, 1.165) is 5.56 Å². The highest BCUT2D eigenvalue weighted by Crippen LogP contribution is 2.45. The summed E-state index contributed by atoms with van der Waals surface area (Å²) in [7, 11) is 0. The molecule has 3 unspecified atom stereocenters. The number of aryl methyl sites for hydroxylation is 1. The fraction of sp³-hybridized carbons (Fsp3) is 0.387. The van der Waals surface area contributed by atoms with Crippen molar-refractivity contribution in [2.75, 3.05) is 13.6 Å². The summed E-state index contributed by atoms with van der Waals surface area (Å²) in [6.45, 7) is 5.92. The van der Waals surface area contributed by atoms with Crippen molar-refractivity contribution in [1.29, 1.82) is 0 Å². The van der Waals surface area contributed by atoms with Gasteiger partial charge >= 0.3 is 0 Å². The minimum absolute atomic E-state index is 0.00363. The first-order valence-electron chi connectivity index (χ1n) is 14.5. The Balaban J connectivity index is 0.000000169. The quantitative estimate of drug-likeness (QED) is 0.334. The molecule has 0 bridgehead atoms. The molecule has 4 aliphatic heterocycles. The van der Waals surface area contributed by atoms with Gasteiger partial charge in [-0.2, -0.15) is 0 Å². The van der Waals surface area contributed by atoms with E-state index in [1.165, 1.54) is 6.07 Å². The molecule has 0 saturated carbocycles. The van der Waals surface area contributed by atoms with Gasteiger partial charge in [0.2, 0.25) is 37.2 Å². The number of benzene rings is 2. The van der Waals surface area contributed by atoms with E-state index < -0.39 is 47.2 Å². The fourth-order valence-electron chi connectivity index (χ4n) is 5.64. The van der Waals surface area contributed by atoms with E-state index in [1.807, 2.05) is 20.8 Å². The second-order valence-corrected chi connectivity index (χ2v) is 10.5. The van der Waals surface area contributed by atoms with Crippen LogP contribution in [0.5, 0.6) is 23.0 Å². The van der Waals surface area contributed by atoms with E-state index in [1.54, 1.807) is 18.2 Å². The van der Waals surface area contributed by atoms with Crippen molar-refractivity contribution < 1.29 is 52.5 Å². The molecule has 5 aliphatic rings. The lowest BCUT2D eigenvalue weighted by Gasteiger charge is -2.24. The number of hydrogen-bond acceptors (Lipinski definition) is 11. The Morgan fingerprint density at radius 3 is 2.11 bits per heavy atom. The Labute approximate surface area is 257 Å². The van der Waals surface area contributed by atoms with Gasteiger partial charge in [0.25, 0.3) is 5.91 Å². The van der Waals surface area contributed by atoms with Gasteiger partial charge in [-0.05, 0) is 43.5 Å². The number of ketones is 2. The van der Waals surface area contributed by atoms with Gasteiger partial charge < -0.3 is 24.3 Å². The maximum Gasteiger partial charge on any atom is 0.255 e. The largest absolute Gasteiger partial charge is 0.454 e. The molecular formula is C31H31N3O11. The lowest BCUT2D eigenvalue weighted by molar-refractivity contribution is -0.137. The zero-order chi connectivity index (χ0) is 32.4. The van der Waals surface area contributed by atoms with E-state index in [2.05, 4.69) is 16.0 Å². The van der Waals surface area contributed by atoms with Crippen molar-refractivity contribution in [1.82, 2.24) is 16.0 Å². The molecular weight excluding hydrogens is 590 g/mol. The lowest BCUT2D eigenvalue weighted by atomic mass is 9.82. The van der Waals surface area contributed by atoms with Crippen LogP contribution in [0.3, 0.4) is 0 Å². The highest BCUT2D eigenvalue weighted by molar-refractivity contribution is 6.29. The molecule has 3 N–H and O–H groups in total. The molecule has 1 aliphatic carbocycles. The van der Waals surface area contributed by atoms with E-state index in [4.69, 9.17) is 18.9 Å². The standard InChI is InChI=1S/C15H11NO6.C14H14N2O5.C2H6/c17-9-4-2-7(15(20)16-9)10-12(18)6-1-3-8-14(22-5-21-8)11(6)13(10)19;1-7-2-3-8(12-11(7)20-6-21-12)13(18)15-9-4-5-10(17)16-14(9)19;1-2/h1,3,7,10H,2,4-5H2,(H,16,17,20);2-3,9H,4-6H2,1H3,(H,15,18)(H,16,17,19);1-2H3. The van der Waals surface area contributed by atoms with Crippen molar-refractivity contribution in [3.8, 4) is 23.0 Å². The average molecular weight is 622 g/mol. The summed E-state index contributed by atoms with van der Waals surface area (Å²) in [4.78, 5) is 83.5. The molecule has 0 spiro atoms. The fourth-order valence-corrected chi connectivity index (χ4v) is 5.64. The summed E-state index contributed by atoms with van der Waals surface area (Å²) in [5.74, 6) is -3.28. The van der Waals surface area contributed by atoms with Gasteiger partial charge in [0.15, 0.2) is 34.6 Å². The number of piperidine rings is 2. The molecule has 236 valence electrons. The summed E-state index contributed by atoms with van der Waals surface area (Å²) >= 11 is 0. The summed E-state index contributed by atoms with van der Waals surface area (Å²) in [6.07, 6.45) is 0.825. The Hall–Kier alpha value is -5.27. The van der Waals surface area contributed by atoms with Crippen molar-refractivity contribution in [2.45, 2.75) is 52.5 Å². The van der Waals surface area contributed by atoms with Gasteiger partial charge in [-0.1, -0.05) is 19.9 Å². The first-order chi connectivity index (χ1) is 21.6. The number of Topliss-reactive ketones (excluding diaryl/α,β-unsaturated/α-hetero) is 2. The van der Waals surface area contributed by atoms with E-state index in [-0.39, 0.29) is 61.5 Å². The molecule has 3 atom stereocenters. The molecule has 2 fully saturated rings. The normalized spacial score (nSPS) is 22.3. The highest BCUT2D eigenvalue weighted by Gasteiger charge is 2.49. The zero-order valence-electron chi connectivity index (χ0n) is 24.8. The molecule has 4 heterocycles. The van der Waals surface area contributed by atoms with Crippen LogP contribution in [0.25, 0.3) is 0 Å². The summed E-state index contributed by atoms with van der Waals surface area (Å²) in [5, 5.41) is 7.00. The van der Waals surface area contributed by atoms with Crippen LogP contribution in [0, 0.1) is 18.8 Å². The highest BCUT2D eigenvalue weighted by atomic mass is 16.7. The maximum absolute atomic E-state index is 12.7. The number of imide groups is 2. The molecule has 14 nitrogen and oxygen atoms in total. The third kappa shape index (κ3) is 5.82. The van der Waals surface area contributed by atoms with Gasteiger partial charge in [-0.3, -0.25) is 44.2 Å². The van der Waals surface area contributed by atoms with Crippen LogP contribution in [0.4, 0.5) is 0 Å². The number of fused-ring (bicyclic) bond motifs is 4. The lowest BCUT2D eigenvalue weighted by Crippen LogP contribution is -2.52. The third-order valence-corrected chi connectivity index (χ3v) is 7.80. The minimum Gasteiger partial charge on any atom is -0.454 e. The maximum atomic E-state index is 12.7. The molecule has 5 amide bonds. The van der Waals surface area contributed by atoms with Gasteiger partial charge in [0.1, 0.15) is 6.04 Å². The predicted octanol–water partition coefficient (Wildman–Crippen LogP) is 1.75. The predicted molar refractivity (Wildman–Crippen MR) is 153 cm³/mol. The van der Waals surface area contributed by atoms with Crippen LogP contribution >= 0.6 is 0 Å². The van der Waals surface area contributed by atoms with Crippen LogP contribution in [0.1, 0.15) is 76.2 Å². The Morgan fingerprint density at radius 2 is 1.40 bits per heavy atom. The van der Waals surface area contributed by atoms with Gasteiger partial charge in [-0.15, -0.1) is 0 Å². The molecule has 2 aromatic rings. The van der Waals surface area contributed by atoms with Crippen molar-refractivity contribution in [3.05, 3.63) is 46.5 Å². The first kappa shape index (κ1) is 31.2. The number of hydrogen-bond donors (Lipinski definition) is 3. The van der Waals surface area contributed by atoms with Crippen LogP contribution in [0.2, 0.25) is 0 Å². The zero-order valence-corrected chi connectivity index (χ0v) is 24.8. The van der Waals surface area contributed by atoms with Gasteiger partial charge in [0.05, 0.1) is 23.0 Å². The van der Waals surface area contributed by atoms with Crippen molar-refractivity contribution in [3.63, 3.8) is 0 Å².